The second kappa shape index (κ2) is 4.99. The fourth-order valence-electron chi connectivity index (χ4n) is 2.70. The first kappa shape index (κ1) is 12.3. The van der Waals surface area contributed by atoms with Crippen molar-refractivity contribution in [1.82, 2.24) is 0 Å². The summed E-state index contributed by atoms with van der Waals surface area (Å²) in [6, 6.07) is 3.36. The molecule has 1 aliphatic carbocycles. The van der Waals surface area contributed by atoms with Gasteiger partial charge in [-0.3, -0.25) is 4.79 Å². The lowest BCUT2D eigenvalue weighted by molar-refractivity contribution is 0.0962. The molecule has 0 unspecified atom stereocenters. The Kier molecular flexibility index (Phi) is 3.60. The maximum atomic E-state index is 13.5. The highest BCUT2D eigenvalue weighted by atomic mass is 19.1. The minimum Gasteiger partial charge on any atom is -0.294 e. The van der Waals surface area contributed by atoms with E-state index in [1.54, 1.807) is 26.0 Å². The number of halogens is 1. The molecular weight excluding hydrogens is 215 g/mol. The van der Waals surface area contributed by atoms with Gasteiger partial charge in [0.15, 0.2) is 5.78 Å². The molecule has 17 heavy (non-hydrogen) atoms. The Balaban J connectivity index is 2.13. The van der Waals surface area contributed by atoms with Crippen molar-refractivity contribution in [3.05, 3.63) is 34.6 Å². The number of hydrogen-bond donors (Lipinski definition) is 0. The molecule has 0 bridgehead atoms. The lowest BCUT2D eigenvalue weighted by Gasteiger charge is -2.09. The van der Waals surface area contributed by atoms with Gasteiger partial charge in [0.25, 0.3) is 0 Å². The summed E-state index contributed by atoms with van der Waals surface area (Å²) < 4.78 is 13.5. The summed E-state index contributed by atoms with van der Waals surface area (Å²) in [5.74, 6) is 0.527. The van der Waals surface area contributed by atoms with Crippen LogP contribution in [-0.2, 0) is 0 Å². The first-order valence-corrected chi connectivity index (χ1v) is 6.38. The monoisotopic (exact) mass is 234 g/mol. The number of aryl methyl sites for hydroxylation is 2. The standard InChI is InChI=1S/C15H19FO/c1-10-7-13(8-11(2)15(10)16)14(17)9-12-5-3-4-6-12/h7-8,12H,3-6,9H2,1-2H3. The molecule has 1 nitrogen and oxygen atoms in total. The molecule has 0 radical (unpaired) electrons. The zero-order valence-corrected chi connectivity index (χ0v) is 10.6. The summed E-state index contributed by atoms with van der Waals surface area (Å²) >= 11 is 0. The van der Waals surface area contributed by atoms with Gasteiger partial charge in [-0.25, -0.2) is 4.39 Å². The zero-order valence-electron chi connectivity index (χ0n) is 10.6. The van der Waals surface area contributed by atoms with Crippen LogP contribution >= 0.6 is 0 Å². The summed E-state index contributed by atoms with van der Waals surface area (Å²) in [5, 5.41) is 0. The maximum absolute atomic E-state index is 13.5. The Hall–Kier alpha value is -1.18. The van der Waals surface area contributed by atoms with Crippen LogP contribution in [0, 0.1) is 25.6 Å². The number of ketones is 1. The second-order valence-electron chi connectivity index (χ2n) is 5.20. The van der Waals surface area contributed by atoms with Crippen LogP contribution < -0.4 is 0 Å². The van der Waals surface area contributed by atoms with Gasteiger partial charge < -0.3 is 0 Å². The smallest absolute Gasteiger partial charge is 0.163 e. The Morgan fingerprint density at radius 3 is 2.29 bits per heavy atom. The molecule has 1 saturated carbocycles. The zero-order chi connectivity index (χ0) is 12.4. The van der Waals surface area contributed by atoms with Crippen LogP contribution in [0.2, 0.25) is 0 Å². The van der Waals surface area contributed by atoms with Gasteiger partial charge in [0.2, 0.25) is 0 Å². The van der Waals surface area contributed by atoms with E-state index in [4.69, 9.17) is 0 Å². The molecule has 2 rings (SSSR count). The van der Waals surface area contributed by atoms with Crippen molar-refractivity contribution < 1.29 is 9.18 Å². The van der Waals surface area contributed by atoms with E-state index in [9.17, 15) is 9.18 Å². The van der Waals surface area contributed by atoms with E-state index in [-0.39, 0.29) is 11.6 Å². The minimum atomic E-state index is -0.192. The van der Waals surface area contributed by atoms with E-state index in [1.807, 2.05) is 0 Å². The Labute approximate surface area is 102 Å². The molecule has 0 spiro atoms. The number of carbonyl (C=O) groups is 1. The third kappa shape index (κ3) is 2.74. The average molecular weight is 234 g/mol. The van der Waals surface area contributed by atoms with Crippen molar-refractivity contribution in [1.29, 1.82) is 0 Å². The molecule has 0 aromatic heterocycles. The normalized spacial score (nSPS) is 16.4. The van der Waals surface area contributed by atoms with Gasteiger partial charge in [0.05, 0.1) is 0 Å². The highest BCUT2D eigenvalue weighted by Crippen LogP contribution is 2.29. The van der Waals surface area contributed by atoms with Crippen molar-refractivity contribution in [2.24, 2.45) is 5.92 Å². The number of rotatable bonds is 3. The van der Waals surface area contributed by atoms with Crippen LogP contribution in [0.3, 0.4) is 0 Å². The first-order valence-electron chi connectivity index (χ1n) is 6.38. The molecule has 0 aliphatic heterocycles. The molecule has 1 aromatic carbocycles. The Morgan fingerprint density at radius 2 is 1.76 bits per heavy atom. The van der Waals surface area contributed by atoms with Crippen molar-refractivity contribution in [3.8, 4) is 0 Å². The Bertz CT molecular complexity index is 408. The van der Waals surface area contributed by atoms with E-state index < -0.39 is 0 Å². The third-order valence-corrected chi connectivity index (χ3v) is 3.71. The molecule has 1 aliphatic rings. The molecular formula is C15H19FO. The largest absolute Gasteiger partial charge is 0.294 e. The summed E-state index contributed by atoms with van der Waals surface area (Å²) in [7, 11) is 0. The summed E-state index contributed by atoms with van der Waals surface area (Å²) in [6.45, 7) is 3.43. The fraction of sp³-hybridized carbons (Fsp3) is 0.533. The number of carbonyl (C=O) groups excluding carboxylic acids is 1. The van der Waals surface area contributed by atoms with Gasteiger partial charge in [-0.2, -0.15) is 0 Å². The van der Waals surface area contributed by atoms with Gasteiger partial charge in [0.1, 0.15) is 5.82 Å². The lowest BCUT2D eigenvalue weighted by atomic mass is 9.95. The topological polar surface area (TPSA) is 17.1 Å². The van der Waals surface area contributed by atoms with E-state index in [2.05, 4.69) is 0 Å². The molecule has 0 atom stereocenters. The van der Waals surface area contributed by atoms with Crippen LogP contribution in [0.4, 0.5) is 4.39 Å². The molecule has 2 heteroatoms. The van der Waals surface area contributed by atoms with Crippen LogP contribution in [0.5, 0.6) is 0 Å². The van der Waals surface area contributed by atoms with Gasteiger partial charge in [-0.15, -0.1) is 0 Å². The van der Waals surface area contributed by atoms with E-state index >= 15 is 0 Å². The highest BCUT2D eigenvalue weighted by molar-refractivity contribution is 5.96. The fourth-order valence-corrected chi connectivity index (χ4v) is 2.70. The van der Waals surface area contributed by atoms with Gasteiger partial charge >= 0.3 is 0 Å². The van der Waals surface area contributed by atoms with Crippen LogP contribution in [0.25, 0.3) is 0 Å². The van der Waals surface area contributed by atoms with Gasteiger partial charge in [0, 0.05) is 12.0 Å². The lowest BCUT2D eigenvalue weighted by Crippen LogP contribution is -2.07. The van der Waals surface area contributed by atoms with E-state index in [0.717, 1.165) is 0 Å². The number of benzene rings is 1. The predicted molar refractivity (Wildman–Crippen MR) is 66.8 cm³/mol. The van der Waals surface area contributed by atoms with Gasteiger partial charge in [-0.05, 0) is 43.0 Å². The summed E-state index contributed by atoms with van der Waals surface area (Å²) in [5.41, 5.74) is 1.81. The SMILES string of the molecule is Cc1cc(C(=O)CC2CCCC2)cc(C)c1F. The van der Waals surface area contributed by atoms with E-state index in [0.29, 0.717) is 29.0 Å². The van der Waals surface area contributed by atoms with E-state index in [1.165, 1.54) is 25.7 Å². The molecule has 1 aromatic rings. The molecule has 1 fully saturated rings. The maximum Gasteiger partial charge on any atom is 0.163 e. The average Bonchev–Trinajstić information content (AvgIpc) is 2.77. The van der Waals surface area contributed by atoms with Crippen molar-refractivity contribution in [3.63, 3.8) is 0 Å². The first-order chi connectivity index (χ1) is 8.08. The van der Waals surface area contributed by atoms with Crippen molar-refractivity contribution in [2.45, 2.75) is 46.0 Å². The van der Waals surface area contributed by atoms with Crippen molar-refractivity contribution >= 4 is 5.78 Å². The van der Waals surface area contributed by atoms with Crippen molar-refractivity contribution in [2.75, 3.05) is 0 Å². The highest BCUT2D eigenvalue weighted by Gasteiger charge is 2.20. The summed E-state index contributed by atoms with van der Waals surface area (Å²) in [4.78, 5) is 12.1. The quantitative estimate of drug-likeness (QED) is 0.716. The molecule has 0 heterocycles. The van der Waals surface area contributed by atoms with Crippen LogP contribution in [-0.4, -0.2) is 5.78 Å². The summed E-state index contributed by atoms with van der Waals surface area (Å²) in [6.07, 6.45) is 5.47. The molecule has 92 valence electrons. The molecule has 0 saturated heterocycles. The predicted octanol–water partition coefficient (Wildman–Crippen LogP) is 4.21. The Morgan fingerprint density at radius 1 is 1.24 bits per heavy atom. The minimum absolute atomic E-state index is 0.170. The number of Topliss-reactive ketones (excluding diaryl/α,β-unsaturated/α-hetero) is 1. The van der Waals surface area contributed by atoms with Crippen LogP contribution in [0.15, 0.2) is 12.1 Å². The molecule has 0 amide bonds. The van der Waals surface area contributed by atoms with Gasteiger partial charge in [-0.1, -0.05) is 25.7 Å². The van der Waals surface area contributed by atoms with Crippen LogP contribution in [0.1, 0.15) is 53.6 Å². The second-order valence-corrected chi connectivity index (χ2v) is 5.20. The third-order valence-electron chi connectivity index (χ3n) is 3.71. The number of hydrogen-bond acceptors (Lipinski definition) is 1. The molecule has 0 N–H and O–H groups in total.